The second kappa shape index (κ2) is 6.64. The van der Waals surface area contributed by atoms with E-state index < -0.39 is 6.10 Å². The molecule has 7 heteroatoms. The van der Waals surface area contributed by atoms with E-state index in [0.717, 1.165) is 23.7 Å². The Labute approximate surface area is 151 Å². The van der Waals surface area contributed by atoms with E-state index in [1.54, 1.807) is 20.0 Å². The molecular formula is C19H22FN5O. The van der Waals surface area contributed by atoms with E-state index in [1.807, 2.05) is 10.9 Å². The predicted molar refractivity (Wildman–Crippen MR) is 94.8 cm³/mol. The standard InChI is InChI=1S/C19H22FN5O/c1-12(26)17-8-15(20)5-6-16(17)19-18(22-24(2)23-19)7-14-9-21-25(11-14)10-13-3-4-13/h5-6,8-9,11-13,26H,3-4,7,10H2,1-2H3/t12-/m1/s1. The number of halogens is 1. The van der Waals surface area contributed by atoms with Crippen molar-refractivity contribution in [3.63, 3.8) is 0 Å². The van der Waals surface area contributed by atoms with E-state index in [-0.39, 0.29) is 5.82 Å². The van der Waals surface area contributed by atoms with Crippen LogP contribution in [0.25, 0.3) is 11.3 Å². The second-order valence-corrected chi connectivity index (χ2v) is 7.08. The summed E-state index contributed by atoms with van der Waals surface area (Å²) in [7, 11) is 1.76. The van der Waals surface area contributed by atoms with Gasteiger partial charge in [-0.2, -0.15) is 20.1 Å². The number of aliphatic hydroxyl groups is 1. The molecule has 1 aliphatic carbocycles. The molecule has 4 rings (SSSR count). The molecule has 6 nitrogen and oxygen atoms in total. The van der Waals surface area contributed by atoms with E-state index >= 15 is 0 Å². The van der Waals surface area contributed by atoms with Crippen molar-refractivity contribution in [2.24, 2.45) is 13.0 Å². The molecule has 0 saturated heterocycles. The first-order chi connectivity index (χ1) is 12.5. The molecule has 3 aromatic rings. The van der Waals surface area contributed by atoms with Crippen molar-refractivity contribution in [1.29, 1.82) is 0 Å². The van der Waals surface area contributed by atoms with Gasteiger partial charge in [-0.05, 0) is 55.0 Å². The average molecular weight is 355 g/mol. The fourth-order valence-corrected chi connectivity index (χ4v) is 3.23. The summed E-state index contributed by atoms with van der Waals surface area (Å²) >= 11 is 0. The lowest BCUT2D eigenvalue weighted by Crippen LogP contribution is -2.00. The van der Waals surface area contributed by atoms with Crippen molar-refractivity contribution in [3.8, 4) is 11.3 Å². The Morgan fingerprint density at radius 2 is 2.12 bits per heavy atom. The van der Waals surface area contributed by atoms with Crippen LogP contribution < -0.4 is 0 Å². The number of rotatable bonds is 6. The van der Waals surface area contributed by atoms with E-state index in [1.165, 1.54) is 29.8 Å². The van der Waals surface area contributed by atoms with Crippen LogP contribution in [0.2, 0.25) is 0 Å². The van der Waals surface area contributed by atoms with Crippen molar-refractivity contribution < 1.29 is 9.50 Å². The molecule has 1 atom stereocenters. The summed E-state index contributed by atoms with van der Waals surface area (Å²) in [5.74, 6) is 0.388. The number of hydrogen-bond acceptors (Lipinski definition) is 4. The highest BCUT2D eigenvalue weighted by Gasteiger charge is 2.22. The van der Waals surface area contributed by atoms with Gasteiger partial charge >= 0.3 is 0 Å². The van der Waals surface area contributed by atoms with Crippen molar-refractivity contribution in [2.45, 2.75) is 38.8 Å². The number of benzene rings is 1. The zero-order chi connectivity index (χ0) is 18.3. The van der Waals surface area contributed by atoms with Gasteiger partial charge in [0.1, 0.15) is 11.5 Å². The molecule has 0 aliphatic heterocycles. The van der Waals surface area contributed by atoms with Gasteiger partial charge in [-0.1, -0.05) is 0 Å². The van der Waals surface area contributed by atoms with Gasteiger partial charge in [-0.15, -0.1) is 0 Å². The second-order valence-electron chi connectivity index (χ2n) is 7.08. The minimum Gasteiger partial charge on any atom is -0.389 e. The summed E-state index contributed by atoms with van der Waals surface area (Å²) in [4.78, 5) is 1.51. The maximum atomic E-state index is 13.6. The van der Waals surface area contributed by atoms with Gasteiger partial charge in [0, 0.05) is 31.8 Å². The summed E-state index contributed by atoms with van der Waals surface area (Å²) in [6.07, 6.45) is 6.28. The highest BCUT2D eigenvalue weighted by atomic mass is 19.1. The molecule has 0 radical (unpaired) electrons. The fourth-order valence-electron chi connectivity index (χ4n) is 3.23. The molecule has 2 aromatic heterocycles. The van der Waals surface area contributed by atoms with Crippen LogP contribution in [0, 0.1) is 11.7 Å². The van der Waals surface area contributed by atoms with Gasteiger partial charge in [0.15, 0.2) is 0 Å². The van der Waals surface area contributed by atoms with Crippen molar-refractivity contribution >= 4 is 0 Å². The van der Waals surface area contributed by atoms with Gasteiger partial charge in [0.05, 0.1) is 18.0 Å². The van der Waals surface area contributed by atoms with Crippen LogP contribution in [0.15, 0.2) is 30.6 Å². The Morgan fingerprint density at radius 3 is 2.85 bits per heavy atom. The van der Waals surface area contributed by atoms with Crippen LogP contribution >= 0.6 is 0 Å². The van der Waals surface area contributed by atoms with Crippen LogP contribution in [0.5, 0.6) is 0 Å². The summed E-state index contributed by atoms with van der Waals surface area (Å²) in [5.41, 5.74) is 3.73. The van der Waals surface area contributed by atoms with E-state index in [4.69, 9.17) is 0 Å². The molecule has 0 spiro atoms. The maximum absolute atomic E-state index is 13.6. The largest absolute Gasteiger partial charge is 0.389 e. The first kappa shape index (κ1) is 16.9. The van der Waals surface area contributed by atoms with E-state index in [9.17, 15) is 9.50 Å². The highest BCUT2D eigenvalue weighted by molar-refractivity contribution is 5.66. The Kier molecular flexibility index (Phi) is 4.32. The van der Waals surface area contributed by atoms with Crippen molar-refractivity contribution in [3.05, 3.63) is 53.2 Å². The quantitative estimate of drug-likeness (QED) is 0.738. The van der Waals surface area contributed by atoms with Gasteiger partial charge in [0.2, 0.25) is 0 Å². The van der Waals surface area contributed by atoms with Crippen LogP contribution in [0.4, 0.5) is 4.39 Å². The minimum atomic E-state index is -0.795. The monoisotopic (exact) mass is 355 g/mol. The van der Waals surface area contributed by atoms with Gasteiger partial charge in [0.25, 0.3) is 0 Å². The summed E-state index contributed by atoms with van der Waals surface area (Å²) < 4.78 is 15.6. The highest BCUT2D eigenvalue weighted by Crippen LogP contribution is 2.31. The van der Waals surface area contributed by atoms with Crippen LogP contribution in [0.1, 0.15) is 42.7 Å². The summed E-state index contributed by atoms with van der Waals surface area (Å²) in [6, 6.07) is 4.39. The predicted octanol–water partition coefficient (Wildman–Crippen LogP) is 2.87. The third kappa shape index (κ3) is 3.53. The Morgan fingerprint density at radius 1 is 1.31 bits per heavy atom. The first-order valence-corrected chi connectivity index (χ1v) is 8.89. The molecule has 1 saturated carbocycles. The van der Waals surface area contributed by atoms with Crippen molar-refractivity contribution in [1.82, 2.24) is 24.8 Å². The molecule has 1 aliphatic rings. The Bertz CT molecular complexity index is 926. The topological polar surface area (TPSA) is 68.8 Å². The zero-order valence-corrected chi connectivity index (χ0v) is 14.9. The minimum absolute atomic E-state index is 0.378. The summed E-state index contributed by atoms with van der Waals surface area (Å²) in [6.45, 7) is 2.59. The molecule has 136 valence electrons. The number of hydrogen-bond donors (Lipinski definition) is 1. The SMILES string of the molecule is C[C@@H](O)c1cc(F)ccc1-c1nn(C)nc1Cc1cnn(CC2CC2)c1. The molecular weight excluding hydrogens is 333 g/mol. The maximum Gasteiger partial charge on any atom is 0.123 e. The van der Waals surface area contributed by atoms with Crippen LogP contribution in [0.3, 0.4) is 0 Å². The lowest BCUT2D eigenvalue weighted by atomic mass is 9.98. The Hall–Kier alpha value is -2.54. The smallest absolute Gasteiger partial charge is 0.123 e. The molecule has 0 bridgehead atoms. The van der Waals surface area contributed by atoms with Crippen LogP contribution in [-0.2, 0) is 20.0 Å². The van der Waals surface area contributed by atoms with E-state index in [2.05, 4.69) is 21.5 Å². The van der Waals surface area contributed by atoms with Gasteiger partial charge in [-0.3, -0.25) is 4.68 Å². The van der Waals surface area contributed by atoms with E-state index in [0.29, 0.717) is 23.2 Å². The number of aryl methyl sites for hydroxylation is 1. The van der Waals surface area contributed by atoms with Gasteiger partial charge in [-0.25, -0.2) is 4.39 Å². The van der Waals surface area contributed by atoms with Crippen LogP contribution in [-0.4, -0.2) is 29.9 Å². The molecule has 26 heavy (non-hydrogen) atoms. The normalized spacial score (nSPS) is 15.4. The third-order valence-electron chi connectivity index (χ3n) is 4.70. The first-order valence-electron chi connectivity index (χ1n) is 8.89. The van der Waals surface area contributed by atoms with Crippen molar-refractivity contribution in [2.75, 3.05) is 0 Å². The molecule has 1 aromatic carbocycles. The molecule has 1 fully saturated rings. The average Bonchev–Trinajstić information content (AvgIpc) is 3.18. The fraction of sp³-hybridized carbons (Fsp3) is 0.421. The number of aliphatic hydroxyl groups excluding tert-OH is 1. The lowest BCUT2D eigenvalue weighted by molar-refractivity contribution is 0.199. The third-order valence-corrected chi connectivity index (χ3v) is 4.70. The Balaban J connectivity index is 1.66. The zero-order valence-electron chi connectivity index (χ0n) is 14.9. The van der Waals surface area contributed by atoms with Gasteiger partial charge < -0.3 is 5.11 Å². The molecule has 0 amide bonds. The number of nitrogens with zero attached hydrogens (tertiary/aromatic N) is 5. The molecule has 0 unspecified atom stereocenters. The molecule has 2 heterocycles. The lowest BCUT2D eigenvalue weighted by Gasteiger charge is -2.11. The summed E-state index contributed by atoms with van der Waals surface area (Å²) in [5, 5.41) is 23.4. The molecule has 1 N–H and O–H groups in total. The number of aromatic nitrogens is 5.